The summed E-state index contributed by atoms with van der Waals surface area (Å²) in [5.74, 6) is -0.905. The Kier molecular flexibility index (Phi) is 5.51. The smallest absolute Gasteiger partial charge is 0.308 e. The zero-order valence-corrected chi connectivity index (χ0v) is 14.7. The van der Waals surface area contributed by atoms with E-state index in [9.17, 15) is 14.7 Å². The van der Waals surface area contributed by atoms with Crippen molar-refractivity contribution in [3.63, 3.8) is 0 Å². The molecule has 26 heavy (non-hydrogen) atoms. The van der Waals surface area contributed by atoms with Crippen LogP contribution < -0.4 is 4.74 Å². The van der Waals surface area contributed by atoms with Crippen LogP contribution in [-0.4, -0.2) is 39.5 Å². The fourth-order valence-electron chi connectivity index (χ4n) is 3.13. The fourth-order valence-corrected chi connectivity index (χ4v) is 3.13. The minimum atomic E-state index is -0.844. The molecule has 1 aliphatic heterocycles. The van der Waals surface area contributed by atoms with E-state index >= 15 is 0 Å². The predicted octanol–water partition coefficient (Wildman–Crippen LogP) is 2.99. The fraction of sp³-hybridized carbons (Fsp3) is 0.350. The van der Waals surface area contributed by atoms with E-state index in [1.807, 2.05) is 19.1 Å². The summed E-state index contributed by atoms with van der Waals surface area (Å²) in [7, 11) is 0. The average molecular weight is 354 g/mol. The number of aliphatic carboxylic acids is 1. The number of carbonyl (C=O) groups is 2. The van der Waals surface area contributed by atoms with Crippen LogP contribution >= 0.6 is 0 Å². The molecule has 2 aromatic rings. The molecule has 2 atom stereocenters. The molecular weight excluding hydrogens is 332 g/mol. The number of likely N-dealkylation sites (tertiary alicyclic amines) is 1. The second kappa shape index (κ2) is 7.99. The highest BCUT2D eigenvalue weighted by molar-refractivity contribution is 5.95. The van der Waals surface area contributed by atoms with Crippen molar-refractivity contribution in [3.05, 3.63) is 59.9 Å². The van der Waals surface area contributed by atoms with E-state index in [2.05, 4.69) is 4.98 Å². The maximum absolute atomic E-state index is 12.9. The van der Waals surface area contributed by atoms with E-state index in [4.69, 9.17) is 4.74 Å². The van der Waals surface area contributed by atoms with Crippen LogP contribution in [-0.2, 0) is 11.4 Å². The summed E-state index contributed by atoms with van der Waals surface area (Å²) >= 11 is 0. The van der Waals surface area contributed by atoms with Gasteiger partial charge < -0.3 is 14.7 Å². The Hall–Kier alpha value is -2.89. The molecule has 1 aromatic heterocycles. The van der Waals surface area contributed by atoms with Crippen molar-refractivity contribution in [3.8, 4) is 5.75 Å². The number of pyridine rings is 1. The molecular formula is C20H22N2O4. The molecule has 0 saturated carbocycles. The summed E-state index contributed by atoms with van der Waals surface area (Å²) in [6.45, 7) is 2.57. The molecule has 2 unspecified atom stereocenters. The number of hydrogen-bond donors (Lipinski definition) is 1. The first-order valence-corrected chi connectivity index (χ1v) is 8.70. The van der Waals surface area contributed by atoms with Gasteiger partial charge in [-0.3, -0.25) is 14.6 Å². The molecule has 136 valence electrons. The molecule has 1 aliphatic rings. The first-order valence-electron chi connectivity index (χ1n) is 8.70. The third kappa shape index (κ3) is 4.20. The summed E-state index contributed by atoms with van der Waals surface area (Å²) in [6, 6.07) is 10.8. The van der Waals surface area contributed by atoms with Gasteiger partial charge in [0.05, 0.1) is 5.92 Å². The third-order valence-corrected chi connectivity index (χ3v) is 4.70. The van der Waals surface area contributed by atoms with Crippen molar-refractivity contribution < 1.29 is 19.4 Å². The number of rotatable bonds is 5. The van der Waals surface area contributed by atoms with Crippen molar-refractivity contribution in [1.82, 2.24) is 9.88 Å². The number of aromatic nitrogens is 1. The van der Waals surface area contributed by atoms with Crippen LogP contribution in [0, 0.1) is 5.92 Å². The van der Waals surface area contributed by atoms with Gasteiger partial charge in [0.1, 0.15) is 12.4 Å². The highest BCUT2D eigenvalue weighted by Crippen LogP contribution is 2.25. The predicted molar refractivity (Wildman–Crippen MR) is 95.9 cm³/mol. The number of benzene rings is 1. The van der Waals surface area contributed by atoms with Gasteiger partial charge in [-0.25, -0.2) is 0 Å². The maximum atomic E-state index is 12.9. The first-order chi connectivity index (χ1) is 12.5. The average Bonchev–Trinajstić information content (AvgIpc) is 2.67. The van der Waals surface area contributed by atoms with Gasteiger partial charge in [-0.15, -0.1) is 0 Å². The molecule has 6 nitrogen and oxygen atoms in total. The molecule has 0 radical (unpaired) electrons. The Bertz CT molecular complexity index is 778. The second-order valence-corrected chi connectivity index (χ2v) is 6.60. The van der Waals surface area contributed by atoms with E-state index < -0.39 is 11.9 Å². The van der Waals surface area contributed by atoms with Crippen molar-refractivity contribution in [2.24, 2.45) is 5.92 Å². The Labute approximate surface area is 152 Å². The van der Waals surface area contributed by atoms with E-state index in [-0.39, 0.29) is 18.5 Å². The Morgan fingerprint density at radius 3 is 2.85 bits per heavy atom. The van der Waals surface area contributed by atoms with Crippen molar-refractivity contribution in [2.45, 2.75) is 32.4 Å². The number of carbonyl (C=O) groups excluding carboxylic acids is 1. The molecule has 0 bridgehead atoms. The summed E-state index contributed by atoms with van der Waals surface area (Å²) in [6.07, 6.45) is 4.73. The molecule has 1 saturated heterocycles. The molecule has 6 heteroatoms. The Balaban J connectivity index is 1.70. The minimum absolute atomic E-state index is 0.0260. The lowest BCUT2D eigenvalue weighted by Crippen LogP contribution is -2.47. The number of carboxylic acid groups (broad SMARTS) is 1. The summed E-state index contributed by atoms with van der Waals surface area (Å²) in [4.78, 5) is 29.8. The number of hydrogen-bond acceptors (Lipinski definition) is 4. The Morgan fingerprint density at radius 1 is 1.27 bits per heavy atom. The zero-order valence-electron chi connectivity index (χ0n) is 14.7. The number of amides is 1. The zero-order chi connectivity index (χ0) is 18.5. The monoisotopic (exact) mass is 354 g/mol. The quantitative estimate of drug-likeness (QED) is 0.893. The summed E-state index contributed by atoms with van der Waals surface area (Å²) in [5, 5.41) is 9.25. The second-order valence-electron chi connectivity index (χ2n) is 6.60. The van der Waals surface area contributed by atoms with Crippen molar-refractivity contribution >= 4 is 11.9 Å². The SMILES string of the molecule is CC1CCC(C(=O)O)CN1C(=O)c1cccc(OCc2cccnc2)c1. The number of carboxylic acids is 1. The lowest BCUT2D eigenvalue weighted by atomic mass is 9.93. The molecule has 1 fully saturated rings. The first kappa shape index (κ1) is 17.9. The van der Waals surface area contributed by atoms with Gasteiger partial charge in [0.25, 0.3) is 5.91 Å². The summed E-state index contributed by atoms with van der Waals surface area (Å²) in [5.41, 5.74) is 1.45. The van der Waals surface area contributed by atoms with Crippen LogP contribution in [0.15, 0.2) is 48.8 Å². The third-order valence-electron chi connectivity index (χ3n) is 4.70. The van der Waals surface area contributed by atoms with Gasteiger partial charge in [0.2, 0.25) is 0 Å². The molecule has 1 amide bonds. The van der Waals surface area contributed by atoms with Crippen LogP contribution in [0.4, 0.5) is 0 Å². The van der Waals surface area contributed by atoms with Crippen LogP contribution in [0.5, 0.6) is 5.75 Å². The van der Waals surface area contributed by atoms with Crippen LogP contribution in [0.25, 0.3) is 0 Å². The number of piperidine rings is 1. The maximum Gasteiger partial charge on any atom is 0.308 e. The number of ether oxygens (including phenoxy) is 1. The summed E-state index contributed by atoms with van der Waals surface area (Å²) < 4.78 is 5.75. The van der Waals surface area contributed by atoms with Gasteiger partial charge in [-0.1, -0.05) is 12.1 Å². The number of nitrogens with zero attached hydrogens (tertiary/aromatic N) is 2. The van der Waals surface area contributed by atoms with Crippen molar-refractivity contribution in [2.75, 3.05) is 6.54 Å². The normalized spacial score (nSPS) is 19.8. The minimum Gasteiger partial charge on any atom is -0.489 e. The topological polar surface area (TPSA) is 79.7 Å². The van der Waals surface area contributed by atoms with Crippen LogP contribution in [0.3, 0.4) is 0 Å². The Morgan fingerprint density at radius 2 is 2.12 bits per heavy atom. The molecule has 1 N–H and O–H groups in total. The molecule has 3 rings (SSSR count). The van der Waals surface area contributed by atoms with Gasteiger partial charge in [-0.2, -0.15) is 0 Å². The van der Waals surface area contributed by atoms with Gasteiger partial charge in [0, 0.05) is 36.1 Å². The van der Waals surface area contributed by atoms with Crippen LogP contribution in [0.2, 0.25) is 0 Å². The highest BCUT2D eigenvalue weighted by Gasteiger charge is 2.33. The molecule has 1 aromatic carbocycles. The van der Waals surface area contributed by atoms with E-state index in [0.717, 1.165) is 5.56 Å². The lowest BCUT2D eigenvalue weighted by Gasteiger charge is -2.36. The standard InChI is InChI=1S/C20H22N2O4/c1-14-7-8-17(20(24)25)12-22(14)19(23)16-5-2-6-18(10-16)26-13-15-4-3-9-21-11-15/h2-6,9-11,14,17H,7-8,12-13H2,1H3,(H,24,25). The van der Waals surface area contributed by atoms with E-state index in [0.29, 0.717) is 30.8 Å². The van der Waals surface area contributed by atoms with Crippen LogP contribution in [0.1, 0.15) is 35.7 Å². The van der Waals surface area contributed by atoms with Gasteiger partial charge in [-0.05, 0) is 44.0 Å². The molecule has 2 heterocycles. The van der Waals surface area contributed by atoms with E-state index in [1.165, 1.54) is 0 Å². The highest BCUT2D eigenvalue weighted by atomic mass is 16.5. The molecule has 0 aliphatic carbocycles. The van der Waals surface area contributed by atoms with Crippen molar-refractivity contribution in [1.29, 1.82) is 0 Å². The van der Waals surface area contributed by atoms with Gasteiger partial charge >= 0.3 is 5.97 Å². The molecule has 0 spiro atoms. The lowest BCUT2D eigenvalue weighted by molar-refractivity contribution is -0.143. The largest absolute Gasteiger partial charge is 0.489 e. The van der Waals surface area contributed by atoms with E-state index in [1.54, 1.807) is 41.6 Å². The van der Waals surface area contributed by atoms with Gasteiger partial charge in [0.15, 0.2) is 0 Å².